The Morgan fingerprint density at radius 3 is 2.79 bits per heavy atom. The highest BCUT2D eigenvalue weighted by molar-refractivity contribution is 5.97. The Bertz CT molecular complexity index is 920. The smallest absolute Gasteiger partial charge is 0.252 e. The number of aromatic nitrogens is 2. The molecule has 1 atom stereocenters. The third kappa shape index (κ3) is 4.44. The largest absolute Gasteiger partial charge is 0.495 e. The number of amides is 1. The van der Waals surface area contributed by atoms with Crippen molar-refractivity contribution in [2.75, 3.05) is 30.4 Å². The summed E-state index contributed by atoms with van der Waals surface area (Å²) in [5.41, 5.74) is 1.22. The summed E-state index contributed by atoms with van der Waals surface area (Å²) in [5, 5.41) is 3.31. The highest BCUT2D eigenvalue weighted by Crippen LogP contribution is 2.35. The Balaban J connectivity index is 1.49. The zero-order valence-corrected chi connectivity index (χ0v) is 16.8. The van der Waals surface area contributed by atoms with Gasteiger partial charge in [-0.2, -0.15) is 0 Å². The van der Waals surface area contributed by atoms with Crippen LogP contribution in [-0.4, -0.2) is 36.1 Å². The standard InChI is InChI=1S/C22H28N4O3/c1-29-19-10-6-5-9-18(19)26-14-16(11-21(26)28)17-12-20(27)25-22(24-17)23-13-15-7-3-2-4-8-15/h5-6,9-10,12,15-16H,2-4,7-8,11,13-14H2,1H3,(H2,23,24,25,27)/t16-/m0/s1. The molecule has 0 spiro atoms. The number of hydrogen-bond donors (Lipinski definition) is 2. The van der Waals surface area contributed by atoms with E-state index in [1.807, 2.05) is 24.3 Å². The lowest BCUT2D eigenvalue weighted by Crippen LogP contribution is -2.25. The SMILES string of the molecule is COc1ccccc1N1C[C@@H](c2cc(=O)[nH]c(NCC3CCCCC3)n2)CC1=O. The monoisotopic (exact) mass is 396 g/mol. The van der Waals surface area contributed by atoms with Gasteiger partial charge in [0.05, 0.1) is 18.5 Å². The normalized spacial score (nSPS) is 20.1. The predicted molar refractivity (Wildman–Crippen MR) is 113 cm³/mol. The topological polar surface area (TPSA) is 87.3 Å². The molecule has 1 aromatic heterocycles. The quantitative estimate of drug-likeness (QED) is 0.782. The fraction of sp³-hybridized carbons (Fsp3) is 0.500. The number of methoxy groups -OCH3 is 1. The second-order valence-electron chi connectivity index (χ2n) is 7.98. The number of H-pyrrole nitrogens is 1. The van der Waals surface area contributed by atoms with Crippen molar-refractivity contribution >= 4 is 17.5 Å². The van der Waals surface area contributed by atoms with Crippen LogP contribution in [0.1, 0.15) is 50.1 Å². The first kappa shape index (κ1) is 19.5. The average Bonchev–Trinajstić information content (AvgIpc) is 3.14. The van der Waals surface area contributed by atoms with Crippen molar-refractivity contribution in [2.24, 2.45) is 5.92 Å². The number of benzene rings is 1. The van der Waals surface area contributed by atoms with Crippen LogP contribution in [0.5, 0.6) is 5.75 Å². The van der Waals surface area contributed by atoms with Gasteiger partial charge in [-0.05, 0) is 30.9 Å². The van der Waals surface area contributed by atoms with Crippen molar-refractivity contribution in [1.29, 1.82) is 0 Å². The zero-order chi connectivity index (χ0) is 20.2. The number of ether oxygens (including phenoxy) is 1. The minimum atomic E-state index is -0.190. The highest BCUT2D eigenvalue weighted by atomic mass is 16.5. The second kappa shape index (κ2) is 8.68. The van der Waals surface area contributed by atoms with Gasteiger partial charge in [-0.25, -0.2) is 4.98 Å². The number of rotatable bonds is 6. The fourth-order valence-electron chi connectivity index (χ4n) is 4.39. The van der Waals surface area contributed by atoms with Crippen LogP contribution in [-0.2, 0) is 4.79 Å². The molecule has 2 aliphatic rings. The molecule has 0 unspecified atom stereocenters. The molecule has 154 valence electrons. The Hall–Kier alpha value is -2.83. The highest BCUT2D eigenvalue weighted by Gasteiger charge is 2.34. The maximum absolute atomic E-state index is 12.7. The van der Waals surface area contributed by atoms with Gasteiger partial charge in [-0.3, -0.25) is 14.6 Å². The maximum Gasteiger partial charge on any atom is 0.252 e. The van der Waals surface area contributed by atoms with Crippen LogP contribution in [0, 0.1) is 5.92 Å². The molecule has 1 saturated carbocycles. The summed E-state index contributed by atoms with van der Waals surface area (Å²) in [6.45, 7) is 1.31. The first-order valence-electron chi connectivity index (χ1n) is 10.4. The molecular formula is C22H28N4O3. The lowest BCUT2D eigenvalue weighted by atomic mass is 9.89. The molecule has 2 heterocycles. The van der Waals surface area contributed by atoms with Crippen molar-refractivity contribution < 1.29 is 9.53 Å². The second-order valence-corrected chi connectivity index (χ2v) is 7.98. The molecule has 7 nitrogen and oxygen atoms in total. The number of anilines is 2. The van der Waals surface area contributed by atoms with E-state index in [1.54, 1.807) is 12.0 Å². The van der Waals surface area contributed by atoms with Crippen molar-refractivity contribution in [3.63, 3.8) is 0 Å². The summed E-state index contributed by atoms with van der Waals surface area (Å²) in [5.74, 6) is 1.69. The molecule has 0 radical (unpaired) electrons. The van der Waals surface area contributed by atoms with Crippen molar-refractivity contribution in [2.45, 2.75) is 44.4 Å². The fourth-order valence-corrected chi connectivity index (χ4v) is 4.39. The lowest BCUT2D eigenvalue weighted by molar-refractivity contribution is -0.117. The molecule has 1 aromatic carbocycles. The van der Waals surface area contributed by atoms with E-state index in [0.29, 0.717) is 36.3 Å². The first-order valence-corrected chi connectivity index (χ1v) is 10.4. The van der Waals surface area contributed by atoms with Crippen LogP contribution in [0.25, 0.3) is 0 Å². The predicted octanol–water partition coefficient (Wildman–Crippen LogP) is 3.29. The third-order valence-electron chi connectivity index (χ3n) is 5.96. The third-order valence-corrected chi connectivity index (χ3v) is 5.96. The van der Waals surface area contributed by atoms with Gasteiger partial charge in [0.2, 0.25) is 11.9 Å². The van der Waals surface area contributed by atoms with Crippen LogP contribution in [0.4, 0.5) is 11.6 Å². The van der Waals surface area contributed by atoms with Crippen molar-refractivity contribution in [3.05, 3.63) is 46.4 Å². The van der Waals surface area contributed by atoms with Crippen LogP contribution >= 0.6 is 0 Å². The van der Waals surface area contributed by atoms with Gasteiger partial charge < -0.3 is 15.0 Å². The molecule has 7 heteroatoms. The Morgan fingerprint density at radius 2 is 2.00 bits per heavy atom. The molecule has 1 amide bonds. The lowest BCUT2D eigenvalue weighted by Gasteiger charge is -2.22. The van der Waals surface area contributed by atoms with Gasteiger partial charge in [0, 0.05) is 31.5 Å². The Morgan fingerprint density at radius 1 is 1.21 bits per heavy atom. The molecular weight excluding hydrogens is 368 g/mol. The van der Waals surface area contributed by atoms with E-state index in [9.17, 15) is 9.59 Å². The van der Waals surface area contributed by atoms with E-state index >= 15 is 0 Å². The first-order chi connectivity index (χ1) is 14.1. The van der Waals surface area contributed by atoms with Gasteiger partial charge >= 0.3 is 0 Å². The summed E-state index contributed by atoms with van der Waals surface area (Å²) in [6.07, 6.45) is 6.65. The summed E-state index contributed by atoms with van der Waals surface area (Å²) in [6, 6.07) is 8.99. The van der Waals surface area contributed by atoms with E-state index in [-0.39, 0.29) is 17.4 Å². The number of aromatic amines is 1. The molecule has 1 saturated heterocycles. The van der Waals surface area contributed by atoms with Gasteiger partial charge in [0.25, 0.3) is 5.56 Å². The number of nitrogens with one attached hydrogen (secondary N) is 2. The maximum atomic E-state index is 12.7. The van der Waals surface area contributed by atoms with Gasteiger partial charge in [0.15, 0.2) is 0 Å². The molecule has 1 aliphatic carbocycles. The molecule has 29 heavy (non-hydrogen) atoms. The van der Waals surface area contributed by atoms with E-state index in [0.717, 1.165) is 12.2 Å². The minimum Gasteiger partial charge on any atom is -0.495 e. The summed E-state index contributed by atoms with van der Waals surface area (Å²) in [4.78, 5) is 34.0. The number of hydrogen-bond acceptors (Lipinski definition) is 5. The van der Waals surface area contributed by atoms with E-state index in [1.165, 1.54) is 38.2 Å². The van der Waals surface area contributed by atoms with Gasteiger partial charge in [-0.1, -0.05) is 31.4 Å². The van der Waals surface area contributed by atoms with E-state index < -0.39 is 0 Å². The molecule has 2 aromatic rings. The van der Waals surface area contributed by atoms with Crippen LogP contribution in [0.3, 0.4) is 0 Å². The van der Waals surface area contributed by atoms with Crippen LogP contribution < -0.4 is 20.5 Å². The molecule has 0 bridgehead atoms. The van der Waals surface area contributed by atoms with E-state index in [4.69, 9.17) is 4.74 Å². The number of nitrogens with zero attached hydrogens (tertiary/aromatic N) is 2. The van der Waals surface area contributed by atoms with Crippen molar-refractivity contribution in [1.82, 2.24) is 9.97 Å². The Kier molecular flexibility index (Phi) is 5.83. The molecule has 4 rings (SSSR count). The van der Waals surface area contributed by atoms with Crippen LogP contribution in [0.15, 0.2) is 35.1 Å². The number of carbonyl (C=O) groups is 1. The summed E-state index contributed by atoms with van der Waals surface area (Å²) >= 11 is 0. The van der Waals surface area contributed by atoms with Gasteiger partial charge in [0.1, 0.15) is 5.75 Å². The zero-order valence-electron chi connectivity index (χ0n) is 16.8. The summed E-state index contributed by atoms with van der Waals surface area (Å²) in [7, 11) is 1.60. The summed E-state index contributed by atoms with van der Waals surface area (Å²) < 4.78 is 5.40. The van der Waals surface area contributed by atoms with Crippen LogP contribution in [0.2, 0.25) is 0 Å². The number of para-hydroxylation sites is 2. The molecule has 1 aliphatic heterocycles. The molecule has 2 fully saturated rings. The van der Waals surface area contributed by atoms with E-state index in [2.05, 4.69) is 15.3 Å². The Labute approximate surface area is 170 Å². The molecule has 2 N–H and O–H groups in total. The minimum absolute atomic E-state index is 0.0123. The average molecular weight is 396 g/mol. The van der Waals surface area contributed by atoms with Gasteiger partial charge in [-0.15, -0.1) is 0 Å². The number of carbonyl (C=O) groups excluding carboxylic acids is 1. The van der Waals surface area contributed by atoms with Crippen molar-refractivity contribution in [3.8, 4) is 5.75 Å².